The van der Waals surface area contributed by atoms with Crippen LogP contribution in [0.15, 0.2) is 29.2 Å². The first-order chi connectivity index (χ1) is 8.99. The van der Waals surface area contributed by atoms with Crippen molar-refractivity contribution in [1.82, 2.24) is 4.72 Å². The van der Waals surface area contributed by atoms with Gasteiger partial charge in [0.1, 0.15) is 0 Å². The van der Waals surface area contributed by atoms with Crippen LogP contribution in [0.5, 0.6) is 0 Å². The van der Waals surface area contributed by atoms with E-state index in [9.17, 15) is 18.3 Å². The summed E-state index contributed by atoms with van der Waals surface area (Å²) in [5, 5.41) is 10.7. The third-order valence-electron chi connectivity index (χ3n) is 2.91. The number of rotatable bonds is 5. The van der Waals surface area contributed by atoms with Crippen molar-refractivity contribution in [2.45, 2.75) is 23.8 Å². The van der Waals surface area contributed by atoms with Gasteiger partial charge in [-0.25, -0.2) is 13.1 Å². The van der Waals surface area contributed by atoms with Crippen molar-refractivity contribution < 1.29 is 23.1 Å². The molecule has 1 aromatic rings. The Hall–Kier alpha value is -1.44. The lowest BCUT2D eigenvalue weighted by Crippen LogP contribution is -2.32. The molecule has 1 aliphatic rings. The Labute approximate surface area is 111 Å². The molecule has 0 radical (unpaired) electrons. The second-order valence-electron chi connectivity index (χ2n) is 4.30. The molecular formula is C12H14NO5S-. The lowest BCUT2D eigenvalue weighted by Gasteiger charge is -2.12. The van der Waals surface area contributed by atoms with E-state index in [4.69, 9.17) is 4.74 Å². The minimum atomic E-state index is -3.72. The van der Waals surface area contributed by atoms with E-state index in [1.807, 2.05) is 0 Å². The van der Waals surface area contributed by atoms with Gasteiger partial charge in [0.05, 0.1) is 17.0 Å². The van der Waals surface area contributed by atoms with E-state index in [1.54, 1.807) is 0 Å². The zero-order chi connectivity index (χ0) is 13.9. The number of hydrogen-bond acceptors (Lipinski definition) is 5. The van der Waals surface area contributed by atoms with Gasteiger partial charge in [-0.2, -0.15) is 0 Å². The van der Waals surface area contributed by atoms with Crippen LogP contribution in [0.4, 0.5) is 0 Å². The summed E-state index contributed by atoms with van der Waals surface area (Å²) >= 11 is 0. The van der Waals surface area contributed by atoms with Crippen LogP contribution < -0.4 is 9.83 Å². The summed E-state index contributed by atoms with van der Waals surface area (Å²) < 4.78 is 31.7. The van der Waals surface area contributed by atoms with Crippen LogP contribution in [-0.2, 0) is 14.8 Å². The zero-order valence-corrected chi connectivity index (χ0v) is 11.0. The Morgan fingerprint density at radius 2 is 2.26 bits per heavy atom. The molecule has 0 unspecified atom stereocenters. The van der Waals surface area contributed by atoms with E-state index in [0.717, 1.165) is 18.9 Å². The van der Waals surface area contributed by atoms with Gasteiger partial charge in [-0.05, 0) is 30.5 Å². The number of nitrogens with one attached hydrogen (secondary N) is 1. The summed E-state index contributed by atoms with van der Waals surface area (Å²) in [5.41, 5.74) is -0.167. The number of carboxylic acid groups (broad SMARTS) is 1. The monoisotopic (exact) mass is 284 g/mol. The number of benzene rings is 1. The lowest BCUT2D eigenvalue weighted by atomic mass is 10.2. The van der Waals surface area contributed by atoms with Crippen LogP contribution in [0.2, 0.25) is 0 Å². The average molecular weight is 284 g/mol. The van der Waals surface area contributed by atoms with E-state index in [0.29, 0.717) is 6.61 Å². The van der Waals surface area contributed by atoms with Crippen molar-refractivity contribution in [3.05, 3.63) is 29.8 Å². The quantitative estimate of drug-likeness (QED) is 0.787. The van der Waals surface area contributed by atoms with Crippen LogP contribution in [0, 0.1) is 0 Å². The predicted octanol–water partition coefficient (Wildman–Crippen LogP) is -0.493. The van der Waals surface area contributed by atoms with Crippen molar-refractivity contribution in [3.8, 4) is 0 Å². The molecule has 1 aromatic carbocycles. The number of ether oxygens (including phenoxy) is 1. The molecule has 0 saturated carbocycles. The van der Waals surface area contributed by atoms with Gasteiger partial charge in [0, 0.05) is 13.2 Å². The first kappa shape index (κ1) is 14.0. The molecule has 1 atom stereocenters. The molecule has 19 heavy (non-hydrogen) atoms. The summed E-state index contributed by atoms with van der Waals surface area (Å²) in [6.45, 7) is 0.838. The fourth-order valence-electron chi connectivity index (χ4n) is 1.88. The molecule has 1 heterocycles. The molecule has 1 saturated heterocycles. The highest BCUT2D eigenvalue weighted by Crippen LogP contribution is 2.14. The SMILES string of the molecule is O=C([O-])c1cccc(S(=O)(=O)NC[C@H]2CCCO2)c1. The van der Waals surface area contributed by atoms with Gasteiger partial charge >= 0.3 is 0 Å². The number of carbonyl (C=O) groups is 1. The topological polar surface area (TPSA) is 95.5 Å². The fraction of sp³-hybridized carbons (Fsp3) is 0.417. The number of aromatic carboxylic acids is 1. The predicted molar refractivity (Wildman–Crippen MR) is 64.9 cm³/mol. The molecule has 6 nitrogen and oxygen atoms in total. The number of hydrogen-bond donors (Lipinski definition) is 1. The first-order valence-electron chi connectivity index (χ1n) is 5.92. The molecule has 1 aliphatic heterocycles. The zero-order valence-electron chi connectivity index (χ0n) is 10.2. The lowest BCUT2D eigenvalue weighted by molar-refractivity contribution is -0.255. The van der Waals surface area contributed by atoms with Gasteiger partial charge in [-0.3, -0.25) is 0 Å². The number of carboxylic acids is 1. The molecule has 0 amide bonds. The smallest absolute Gasteiger partial charge is 0.240 e. The van der Waals surface area contributed by atoms with Crippen molar-refractivity contribution in [1.29, 1.82) is 0 Å². The highest BCUT2D eigenvalue weighted by Gasteiger charge is 2.20. The van der Waals surface area contributed by atoms with Gasteiger partial charge in [-0.1, -0.05) is 12.1 Å². The van der Waals surface area contributed by atoms with Crippen LogP contribution in [0.3, 0.4) is 0 Å². The Kier molecular flexibility index (Phi) is 4.18. The van der Waals surface area contributed by atoms with E-state index < -0.39 is 16.0 Å². The summed E-state index contributed by atoms with van der Waals surface area (Å²) in [6, 6.07) is 5.07. The Morgan fingerprint density at radius 1 is 1.47 bits per heavy atom. The van der Waals surface area contributed by atoms with Gasteiger partial charge in [-0.15, -0.1) is 0 Å². The van der Waals surface area contributed by atoms with Crippen LogP contribution in [0.25, 0.3) is 0 Å². The highest BCUT2D eigenvalue weighted by atomic mass is 32.2. The summed E-state index contributed by atoms with van der Waals surface area (Å²) in [6.07, 6.45) is 1.63. The van der Waals surface area contributed by atoms with E-state index in [2.05, 4.69) is 4.72 Å². The minimum Gasteiger partial charge on any atom is -0.545 e. The van der Waals surface area contributed by atoms with Gasteiger partial charge < -0.3 is 14.6 Å². The van der Waals surface area contributed by atoms with Gasteiger partial charge in [0.15, 0.2) is 0 Å². The third-order valence-corrected chi connectivity index (χ3v) is 4.33. The fourth-order valence-corrected chi connectivity index (χ4v) is 2.99. The molecule has 0 aromatic heterocycles. The van der Waals surface area contributed by atoms with Crippen molar-refractivity contribution in [3.63, 3.8) is 0 Å². The van der Waals surface area contributed by atoms with Gasteiger partial charge in [0.25, 0.3) is 0 Å². The van der Waals surface area contributed by atoms with Crippen molar-refractivity contribution in [2.24, 2.45) is 0 Å². The number of sulfonamides is 1. The summed E-state index contributed by atoms with van der Waals surface area (Å²) in [4.78, 5) is 10.6. The third kappa shape index (κ3) is 3.52. The van der Waals surface area contributed by atoms with Crippen LogP contribution >= 0.6 is 0 Å². The van der Waals surface area contributed by atoms with E-state index in [1.165, 1.54) is 18.2 Å². The normalized spacial score (nSPS) is 19.5. The largest absolute Gasteiger partial charge is 0.545 e. The van der Waals surface area contributed by atoms with Crippen molar-refractivity contribution in [2.75, 3.05) is 13.2 Å². The second-order valence-corrected chi connectivity index (χ2v) is 6.07. The molecule has 0 spiro atoms. The molecule has 0 bridgehead atoms. The molecule has 0 aliphatic carbocycles. The van der Waals surface area contributed by atoms with Crippen LogP contribution in [-0.4, -0.2) is 33.6 Å². The molecule has 7 heteroatoms. The maximum atomic E-state index is 12.0. The van der Waals surface area contributed by atoms with Crippen LogP contribution in [0.1, 0.15) is 23.2 Å². The van der Waals surface area contributed by atoms with Crippen molar-refractivity contribution >= 4 is 16.0 Å². The van der Waals surface area contributed by atoms with E-state index in [-0.39, 0.29) is 23.1 Å². The highest BCUT2D eigenvalue weighted by molar-refractivity contribution is 7.89. The maximum Gasteiger partial charge on any atom is 0.240 e. The summed E-state index contributed by atoms with van der Waals surface area (Å²) in [5.74, 6) is -1.41. The van der Waals surface area contributed by atoms with Gasteiger partial charge in [0.2, 0.25) is 10.0 Å². The Morgan fingerprint density at radius 3 is 2.89 bits per heavy atom. The van der Waals surface area contributed by atoms with E-state index >= 15 is 0 Å². The standard InChI is InChI=1S/C12H15NO5S/c14-12(15)9-3-1-5-11(7-9)19(16,17)13-8-10-4-2-6-18-10/h1,3,5,7,10,13H,2,4,6,8H2,(H,14,15)/p-1/t10-/m1/s1. The molecule has 1 fully saturated rings. The molecule has 2 rings (SSSR count). The minimum absolute atomic E-state index is 0.0906. The second kappa shape index (κ2) is 5.68. The Balaban J connectivity index is 2.09. The first-order valence-corrected chi connectivity index (χ1v) is 7.40. The molecule has 1 N–H and O–H groups in total. The Bertz CT molecular complexity index is 563. The molecular weight excluding hydrogens is 270 g/mol. The summed E-state index contributed by atoms with van der Waals surface area (Å²) in [7, 11) is -3.72. The molecule has 104 valence electrons. The number of carbonyl (C=O) groups excluding carboxylic acids is 1. The maximum absolute atomic E-state index is 12.0. The average Bonchev–Trinajstić information content (AvgIpc) is 2.90.